The highest BCUT2D eigenvalue weighted by molar-refractivity contribution is 7.99. The number of fused-ring (bicyclic) bond motifs is 1. The van der Waals surface area contributed by atoms with Gasteiger partial charge in [0.1, 0.15) is 0 Å². The Morgan fingerprint density at radius 1 is 1.25 bits per heavy atom. The quantitative estimate of drug-likeness (QED) is 0.797. The van der Waals surface area contributed by atoms with Crippen molar-refractivity contribution in [1.29, 1.82) is 0 Å². The molecule has 6 heteroatoms. The van der Waals surface area contributed by atoms with Gasteiger partial charge in [-0.1, -0.05) is 35.0 Å². The van der Waals surface area contributed by atoms with Crippen LogP contribution in [0.2, 0.25) is 10.0 Å². The lowest BCUT2D eigenvalue weighted by molar-refractivity contribution is 0.726. The van der Waals surface area contributed by atoms with Gasteiger partial charge in [0.15, 0.2) is 11.0 Å². The predicted molar refractivity (Wildman–Crippen MR) is 66.2 cm³/mol. The molecule has 82 valence electrons. The molecule has 1 aromatic carbocycles. The van der Waals surface area contributed by atoms with Crippen LogP contribution in [0.3, 0.4) is 0 Å². The van der Waals surface area contributed by atoms with Gasteiger partial charge in [0.2, 0.25) is 0 Å². The maximum atomic E-state index is 6.15. The molecular weight excluding hydrogens is 265 g/mol. The van der Waals surface area contributed by atoms with Crippen LogP contribution in [-0.4, -0.2) is 20.5 Å². The molecule has 0 bridgehead atoms. The van der Waals surface area contributed by atoms with Gasteiger partial charge < -0.3 is 4.57 Å². The fourth-order valence-electron chi connectivity index (χ4n) is 1.70. The summed E-state index contributed by atoms with van der Waals surface area (Å²) in [7, 11) is 0. The number of benzene rings is 1. The fourth-order valence-corrected chi connectivity index (χ4v) is 3.08. The molecule has 1 aliphatic heterocycles. The van der Waals surface area contributed by atoms with E-state index in [9.17, 15) is 0 Å². The molecule has 3 rings (SSSR count). The highest BCUT2D eigenvalue weighted by atomic mass is 35.5. The van der Waals surface area contributed by atoms with Crippen molar-refractivity contribution < 1.29 is 0 Å². The molecule has 2 heterocycles. The van der Waals surface area contributed by atoms with Crippen LogP contribution in [0.15, 0.2) is 23.4 Å². The standard InChI is InChI=1S/C10H7Cl2N3S/c11-6-1-2-7(8(12)5-6)9-13-14-10-15(9)3-4-16-10/h1-2,5H,3-4H2. The third-order valence-electron chi connectivity index (χ3n) is 2.43. The summed E-state index contributed by atoms with van der Waals surface area (Å²) in [6.45, 7) is 0.932. The van der Waals surface area contributed by atoms with E-state index in [4.69, 9.17) is 23.2 Å². The normalized spacial score (nSPS) is 14.1. The third kappa shape index (κ3) is 1.61. The molecule has 2 aromatic rings. The number of nitrogens with zero attached hydrogens (tertiary/aromatic N) is 3. The Bertz CT molecular complexity index is 553. The molecule has 3 nitrogen and oxygen atoms in total. The summed E-state index contributed by atoms with van der Waals surface area (Å²) in [5.74, 6) is 1.87. The first-order valence-electron chi connectivity index (χ1n) is 4.77. The van der Waals surface area contributed by atoms with E-state index in [1.165, 1.54) is 0 Å². The monoisotopic (exact) mass is 271 g/mol. The lowest BCUT2D eigenvalue weighted by Gasteiger charge is -2.04. The van der Waals surface area contributed by atoms with E-state index >= 15 is 0 Å². The summed E-state index contributed by atoms with van der Waals surface area (Å²) in [6.07, 6.45) is 0. The Morgan fingerprint density at radius 2 is 2.12 bits per heavy atom. The van der Waals surface area contributed by atoms with E-state index in [0.717, 1.165) is 28.8 Å². The van der Waals surface area contributed by atoms with Crippen LogP contribution in [0.4, 0.5) is 0 Å². The van der Waals surface area contributed by atoms with Gasteiger partial charge in [0, 0.05) is 22.9 Å². The van der Waals surface area contributed by atoms with Crippen molar-refractivity contribution in [3.8, 4) is 11.4 Å². The van der Waals surface area contributed by atoms with Crippen molar-refractivity contribution in [2.45, 2.75) is 11.7 Å². The molecule has 16 heavy (non-hydrogen) atoms. The average Bonchev–Trinajstić information content (AvgIpc) is 2.80. The summed E-state index contributed by atoms with van der Waals surface area (Å²) >= 11 is 13.7. The molecule has 0 saturated heterocycles. The van der Waals surface area contributed by atoms with Crippen molar-refractivity contribution in [1.82, 2.24) is 14.8 Å². The van der Waals surface area contributed by atoms with Gasteiger partial charge in [-0.2, -0.15) is 0 Å². The molecule has 0 unspecified atom stereocenters. The Kier molecular flexibility index (Phi) is 2.58. The second-order valence-corrected chi connectivity index (χ2v) is 5.34. The van der Waals surface area contributed by atoms with Crippen molar-refractivity contribution in [3.05, 3.63) is 28.2 Å². The summed E-state index contributed by atoms with van der Waals surface area (Å²) in [5, 5.41) is 10.5. The molecule has 0 atom stereocenters. The van der Waals surface area contributed by atoms with E-state index in [2.05, 4.69) is 14.8 Å². The summed E-state index contributed by atoms with van der Waals surface area (Å²) < 4.78 is 2.08. The van der Waals surface area contributed by atoms with Gasteiger partial charge >= 0.3 is 0 Å². The van der Waals surface area contributed by atoms with Gasteiger partial charge in [0.05, 0.1) is 5.02 Å². The van der Waals surface area contributed by atoms with Crippen molar-refractivity contribution >= 4 is 35.0 Å². The van der Waals surface area contributed by atoms with Gasteiger partial charge in [-0.25, -0.2) is 0 Å². The number of rotatable bonds is 1. The van der Waals surface area contributed by atoms with Crippen LogP contribution in [0.25, 0.3) is 11.4 Å². The molecule has 0 amide bonds. The SMILES string of the molecule is Clc1ccc(-c2nnc3n2CCS3)c(Cl)c1. The van der Waals surface area contributed by atoms with Gasteiger partial charge in [0.25, 0.3) is 0 Å². The second kappa shape index (κ2) is 3.95. The molecule has 0 radical (unpaired) electrons. The summed E-state index contributed by atoms with van der Waals surface area (Å²) in [6, 6.07) is 5.42. The smallest absolute Gasteiger partial charge is 0.191 e. The van der Waals surface area contributed by atoms with Gasteiger partial charge in [-0.3, -0.25) is 0 Å². The van der Waals surface area contributed by atoms with E-state index in [0.29, 0.717) is 10.0 Å². The lowest BCUT2D eigenvalue weighted by Crippen LogP contribution is -1.97. The minimum atomic E-state index is 0.611. The van der Waals surface area contributed by atoms with E-state index in [1.807, 2.05) is 12.1 Å². The predicted octanol–water partition coefficient (Wildman–Crippen LogP) is 3.36. The lowest BCUT2D eigenvalue weighted by atomic mass is 10.2. The summed E-state index contributed by atoms with van der Waals surface area (Å²) in [5.41, 5.74) is 0.882. The Balaban J connectivity index is 2.15. The first-order valence-corrected chi connectivity index (χ1v) is 6.51. The van der Waals surface area contributed by atoms with E-state index in [1.54, 1.807) is 17.8 Å². The van der Waals surface area contributed by atoms with Crippen LogP contribution in [-0.2, 0) is 6.54 Å². The molecule has 1 aliphatic rings. The first kappa shape index (κ1) is 10.4. The molecule has 0 spiro atoms. The minimum Gasteiger partial charge on any atom is -0.301 e. The molecular formula is C10H7Cl2N3S. The second-order valence-electron chi connectivity index (χ2n) is 3.43. The van der Waals surface area contributed by atoms with Gasteiger partial charge in [-0.15, -0.1) is 10.2 Å². The topological polar surface area (TPSA) is 30.7 Å². The van der Waals surface area contributed by atoms with E-state index < -0.39 is 0 Å². The van der Waals surface area contributed by atoms with Crippen molar-refractivity contribution in [2.75, 3.05) is 5.75 Å². The largest absolute Gasteiger partial charge is 0.301 e. The molecule has 0 fully saturated rings. The highest BCUT2D eigenvalue weighted by Crippen LogP contribution is 2.33. The fraction of sp³-hybridized carbons (Fsp3) is 0.200. The minimum absolute atomic E-state index is 0.611. The Hall–Kier alpha value is -0.710. The zero-order chi connectivity index (χ0) is 11.1. The summed E-state index contributed by atoms with van der Waals surface area (Å²) in [4.78, 5) is 0. The first-order chi connectivity index (χ1) is 7.75. The molecule has 0 aliphatic carbocycles. The molecule has 1 aromatic heterocycles. The Morgan fingerprint density at radius 3 is 2.94 bits per heavy atom. The van der Waals surface area contributed by atoms with Crippen LogP contribution in [0.5, 0.6) is 0 Å². The van der Waals surface area contributed by atoms with E-state index in [-0.39, 0.29) is 0 Å². The highest BCUT2D eigenvalue weighted by Gasteiger charge is 2.20. The number of halogens is 2. The Labute approximate surface area is 107 Å². The number of aromatic nitrogens is 3. The van der Waals surface area contributed by atoms with Crippen LogP contribution < -0.4 is 0 Å². The molecule has 0 saturated carbocycles. The number of hydrogen-bond donors (Lipinski definition) is 0. The zero-order valence-electron chi connectivity index (χ0n) is 8.15. The van der Waals surface area contributed by atoms with Crippen molar-refractivity contribution in [3.63, 3.8) is 0 Å². The van der Waals surface area contributed by atoms with Crippen molar-refractivity contribution in [2.24, 2.45) is 0 Å². The number of thioether (sulfide) groups is 1. The third-order valence-corrected chi connectivity index (χ3v) is 3.93. The van der Waals surface area contributed by atoms with Gasteiger partial charge in [-0.05, 0) is 18.2 Å². The van der Waals surface area contributed by atoms with Crippen LogP contribution in [0, 0.1) is 0 Å². The number of hydrogen-bond acceptors (Lipinski definition) is 3. The average molecular weight is 272 g/mol. The zero-order valence-corrected chi connectivity index (χ0v) is 10.5. The molecule has 0 N–H and O–H groups in total. The maximum Gasteiger partial charge on any atom is 0.191 e. The maximum absolute atomic E-state index is 6.15. The van der Waals surface area contributed by atoms with Crippen LogP contribution >= 0.6 is 35.0 Å². The van der Waals surface area contributed by atoms with Crippen LogP contribution in [0.1, 0.15) is 0 Å².